The molecule has 0 N–H and O–H groups in total. The Kier molecular flexibility index (Phi) is 1.73. The van der Waals surface area contributed by atoms with E-state index < -0.39 is 0 Å². The van der Waals surface area contributed by atoms with E-state index in [1.54, 1.807) is 5.56 Å². The smallest absolute Gasteiger partial charge is 0.150 e. The predicted molar refractivity (Wildman–Crippen MR) is 55.9 cm³/mol. The van der Waals surface area contributed by atoms with E-state index in [0.717, 1.165) is 18.3 Å². The number of aryl methyl sites for hydroxylation is 1. The second-order valence-corrected chi connectivity index (χ2v) is 4.39. The van der Waals surface area contributed by atoms with Crippen molar-refractivity contribution >= 4 is 6.29 Å². The summed E-state index contributed by atoms with van der Waals surface area (Å²) < 4.78 is 0. The summed E-state index contributed by atoms with van der Waals surface area (Å²) in [6, 6.07) is 2.14. The number of benzene rings is 1. The van der Waals surface area contributed by atoms with Crippen molar-refractivity contribution in [2.45, 2.75) is 38.5 Å². The van der Waals surface area contributed by atoms with Crippen LogP contribution in [0.1, 0.15) is 45.5 Å². The molecule has 1 heteroatoms. The van der Waals surface area contributed by atoms with E-state index >= 15 is 0 Å². The maximum atomic E-state index is 11.0. The maximum absolute atomic E-state index is 11.0. The molecule has 72 valence electrons. The minimum Gasteiger partial charge on any atom is -0.298 e. The lowest BCUT2D eigenvalue weighted by atomic mass is 9.95. The molecule has 0 amide bonds. The van der Waals surface area contributed by atoms with E-state index in [1.807, 2.05) is 0 Å². The van der Waals surface area contributed by atoms with E-state index in [1.165, 1.54) is 48.8 Å². The van der Waals surface area contributed by atoms with Gasteiger partial charge in [0.1, 0.15) is 6.29 Å². The molecular formula is C13H14O. The molecule has 0 saturated heterocycles. The molecule has 0 bridgehead atoms. The van der Waals surface area contributed by atoms with Gasteiger partial charge in [-0.2, -0.15) is 0 Å². The Morgan fingerprint density at radius 1 is 0.929 bits per heavy atom. The van der Waals surface area contributed by atoms with Crippen molar-refractivity contribution in [3.63, 3.8) is 0 Å². The van der Waals surface area contributed by atoms with Gasteiger partial charge in [0.05, 0.1) is 0 Å². The number of carbonyl (C=O) groups excluding carboxylic acids is 1. The molecule has 0 spiro atoms. The van der Waals surface area contributed by atoms with Crippen LogP contribution in [0.3, 0.4) is 0 Å². The third-order valence-corrected chi connectivity index (χ3v) is 3.65. The first-order valence-corrected chi connectivity index (χ1v) is 5.52. The molecular weight excluding hydrogens is 172 g/mol. The van der Waals surface area contributed by atoms with Crippen molar-refractivity contribution in [3.8, 4) is 0 Å². The van der Waals surface area contributed by atoms with E-state index in [2.05, 4.69) is 6.07 Å². The van der Waals surface area contributed by atoms with Crippen LogP contribution in [0.2, 0.25) is 0 Å². The van der Waals surface area contributed by atoms with Crippen LogP contribution in [0, 0.1) is 0 Å². The monoisotopic (exact) mass is 186 g/mol. The number of fused-ring (bicyclic) bond motifs is 3. The van der Waals surface area contributed by atoms with E-state index in [0.29, 0.717) is 0 Å². The van der Waals surface area contributed by atoms with Crippen molar-refractivity contribution in [1.82, 2.24) is 0 Å². The summed E-state index contributed by atoms with van der Waals surface area (Å²) in [5, 5.41) is 0. The topological polar surface area (TPSA) is 17.1 Å². The van der Waals surface area contributed by atoms with Crippen molar-refractivity contribution in [2.75, 3.05) is 0 Å². The Balaban J connectivity index is 2.28. The zero-order chi connectivity index (χ0) is 9.54. The van der Waals surface area contributed by atoms with Gasteiger partial charge in [0.25, 0.3) is 0 Å². The van der Waals surface area contributed by atoms with Crippen molar-refractivity contribution in [1.29, 1.82) is 0 Å². The predicted octanol–water partition coefficient (Wildman–Crippen LogP) is 2.48. The van der Waals surface area contributed by atoms with Crippen LogP contribution in [0.5, 0.6) is 0 Å². The van der Waals surface area contributed by atoms with Crippen molar-refractivity contribution in [2.24, 2.45) is 0 Å². The van der Waals surface area contributed by atoms with Gasteiger partial charge in [-0.1, -0.05) is 0 Å². The van der Waals surface area contributed by atoms with E-state index in [9.17, 15) is 4.79 Å². The van der Waals surface area contributed by atoms with Gasteiger partial charge in [0.2, 0.25) is 0 Å². The largest absolute Gasteiger partial charge is 0.298 e. The number of carbonyl (C=O) groups is 1. The Morgan fingerprint density at radius 2 is 1.64 bits per heavy atom. The molecule has 0 unspecified atom stereocenters. The number of hydrogen-bond acceptors (Lipinski definition) is 1. The first-order chi connectivity index (χ1) is 6.90. The molecule has 0 aliphatic heterocycles. The average Bonchev–Trinajstić information content (AvgIpc) is 2.83. The fourth-order valence-electron chi connectivity index (χ4n) is 3.05. The Morgan fingerprint density at radius 3 is 2.50 bits per heavy atom. The van der Waals surface area contributed by atoms with E-state index in [4.69, 9.17) is 0 Å². The molecule has 0 saturated carbocycles. The van der Waals surface area contributed by atoms with Crippen LogP contribution in [0.15, 0.2) is 6.07 Å². The van der Waals surface area contributed by atoms with Gasteiger partial charge in [-0.25, -0.2) is 0 Å². The Hall–Kier alpha value is -1.11. The first-order valence-electron chi connectivity index (χ1n) is 5.52. The summed E-state index contributed by atoms with van der Waals surface area (Å²) in [5.74, 6) is 0. The molecule has 1 nitrogen and oxygen atoms in total. The molecule has 1 aromatic carbocycles. The van der Waals surface area contributed by atoms with Crippen molar-refractivity contribution in [3.05, 3.63) is 33.9 Å². The second-order valence-electron chi connectivity index (χ2n) is 4.39. The maximum Gasteiger partial charge on any atom is 0.150 e. The van der Waals surface area contributed by atoms with Gasteiger partial charge in [0, 0.05) is 5.56 Å². The van der Waals surface area contributed by atoms with Crippen molar-refractivity contribution < 1.29 is 4.79 Å². The SMILES string of the molecule is O=Cc1cc2c(c3c1CCC3)CCC2. The van der Waals surface area contributed by atoms with Gasteiger partial charge < -0.3 is 0 Å². The standard InChI is InChI=1S/C13H14O/c14-8-10-7-9-3-1-4-11(9)13-6-2-5-12(10)13/h7-8H,1-6H2. The molecule has 14 heavy (non-hydrogen) atoms. The van der Waals surface area contributed by atoms with Gasteiger partial charge in [-0.05, 0) is 66.8 Å². The van der Waals surface area contributed by atoms with Crippen LogP contribution in [-0.4, -0.2) is 6.29 Å². The molecule has 0 radical (unpaired) electrons. The fourth-order valence-corrected chi connectivity index (χ4v) is 3.05. The highest BCUT2D eigenvalue weighted by molar-refractivity contribution is 5.79. The number of hydrogen-bond donors (Lipinski definition) is 0. The third-order valence-electron chi connectivity index (χ3n) is 3.65. The summed E-state index contributed by atoms with van der Waals surface area (Å²) in [4.78, 5) is 11.0. The summed E-state index contributed by atoms with van der Waals surface area (Å²) in [6.07, 6.45) is 8.33. The van der Waals surface area contributed by atoms with Crippen LogP contribution in [0.4, 0.5) is 0 Å². The van der Waals surface area contributed by atoms with Gasteiger partial charge in [-0.3, -0.25) is 4.79 Å². The fraction of sp³-hybridized carbons (Fsp3) is 0.462. The lowest BCUT2D eigenvalue weighted by molar-refractivity contribution is 0.112. The summed E-state index contributed by atoms with van der Waals surface area (Å²) in [6.45, 7) is 0. The molecule has 0 atom stereocenters. The van der Waals surface area contributed by atoms with Crippen LogP contribution in [-0.2, 0) is 25.7 Å². The quantitative estimate of drug-likeness (QED) is 0.616. The second kappa shape index (κ2) is 2.94. The normalized spacial score (nSPS) is 18.0. The van der Waals surface area contributed by atoms with Crippen LogP contribution in [0.25, 0.3) is 0 Å². The molecule has 2 aliphatic rings. The molecule has 2 aliphatic carbocycles. The highest BCUT2D eigenvalue weighted by Gasteiger charge is 2.23. The number of aldehydes is 1. The van der Waals surface area contributed by atoms with Crippen LogP contribution < -0.4 is 0 Å². The minimum atomic E-state index is 0.971. The average molecular weight is 186 g/mol. The Bertz CT molecular complexity index is 404. The third kappa shape index (κ3) is 0.985. The number of rotatable bonds is 1. The van der Waals surface area contributed by atoms with Gasteiger partial charge in [-0.15, -0.1) is 0 Å². The lowest BCUT2D eigenvalue weighted by Gasteiger charge is -2.09. The highest BCUT2D eigenvalue weighted by atomic mass is 16.1. The summed E-state index contributed by atoms with van der Waals surface area (Å²) in [5.41, 5.74) is 6.90. The lowest BCUT2D eigenvalue weighted by Crippen LogP contribution is -1.98. The van der Waals surface area contributed by atoms with E-state index in [-0.39, 0.29) is 0 Å². The molecule has 1 aromatic rings. The molecule has 0 fully saturated rings. The zero-order valence-electron chi connectivity index (χ0n) is 8.31. The molecule has 3 rings (SSSR count). The van der Waals surface area contributed by atoms with Crippen LogP contribution >= 0.6 is 0 Å². The van der Waals surface area contributed by atoms with Gasteiger partial charge >= 0.3 is 0 Å². The Labute approximate surface area is 84.1 Å². The molecule has 0 heterocycles. The summed E-state index contributed by atoms with van der Waals surface area (Å²) in [7, 11) is 0. The zero-order valence-corrected chi connectivity index (χ0v) is 8.31. The minimum absolute atomic E-state index is 0.971. The molecule has 0 aromatic heterocycles. The highest BCUT2D eigenvalue weighted by Crippen LogP contribution is 2.35. The summed E-state index contributed by atoms with van der Waals surface area (Å²) >= 11 is 0. The van der Waals surface area contributed by atoms with Gasteiger partial charge in [0.15, 0.2) is 0 Å². The first kappa shape index (κ1) is 8.22.